The average Bonchev–Trinajstić information content (AvgIpc) is 3.15. The fourth-order valence-electron chi connectivity index (χ4n) is 5.05. The Morgan fingerprint density at radius 3 is 2.44 bits per heavy atom. The molecular formula is C26H27N3O5. The molecule has 0 amide bonds. The quantitative estimate of drug-likeness (QED) is 0.477. The van der Waals surface area contributed by atoms with Gasteiger partial charge in [0.25, 0.3) is 5.56 Å². The Bertz CT molecular complexity index is 1590. The lowest BCUT2D eigenvalue weighted by atomic mass is 9.97. The first kappa shape index (κ1) is 22.0. The molecule has 0 fully saturated rings. The maximum Gasteiger partial charge on any atom is 0.331 e. The molecule has 34 heavy (non-hydrogen) atoms. The highest BCUT2D eigenvalue weighted by Gasteiger charge is 2.41. The summed E-state index contributed by atoms with van der Waals surface area (Å²) in [4.78, 5) is 26.6. The van der Waals surface area contributed by atoms with E-state index < -0.39 is 17.3 Å². The fraction of sp³-hybridized carbons (Fsp3) is 0.308. The van der Waals surface area contributed by atoms with Crippen LogP contribution in [0.1, 0.15) is 36.8 Å². The first-order valence-electron chi connectivity index (χ1n) is 11.1. The van der Waals surface area contributed by atoms with Gasteiger partial charge >= 0.3 is 5.69 Å². The zero-order chi connectivity index (χ0) is 24.5. The van der Waals surface area contributed by atoms with E-state index >= 15 is 0 Å². The number of aryl methyl sites for hydroxylation is 2. The standard InChI is InChI=1S/C26H27N3O5/c1-14-7-6-8-15(11-14)20-19-21(27(4)25(33)28(5)24(19)32)22-23(34-13-26(2,3)29(20)22)17-10-9-16(30)12-18(17)31/h6-12,23,30-31H,13H2,1-5H3/t23-/m0/s1. The van der Waals surface area contributed by atoms with Crippen LogP contribution in [0.2, 0.25) is 0 Å². The molecule has 1 atom stereocenters. The van der Waals surface area contributed by atoms with Crippen LogP contribution in [-0.4, -0.2) is 30.5 Å². The third-order valence-corrected chi connectivity index (χ3v) is 6.65. The minimum absolute atomic E-state index is 0.0700. The van der Waals surface area contributed by atoms with Crippen LogP contribution >= 0.6 is 0 Å². The van der Waals surface area contributed by atoms with Crippen LogP contribution in [0.5, 0.6) is 11.5 Å². The summed E-state index contributed by atoms with van der Waals surface area (Å²) in [6.07, 6.45) is -0.757. The zero-order valence-corrected chi connectivity index (χ0v) is 19.8. The Labute approximate surface area is 195 Å². The topological polar surface area (TPSA) is 98.6 Å². The number of aromatic nitrogens is 3. The first-order chi connectivity index (χ1) is 16.0. The summed E-state index contributed by atoms with van der Waals surface area (Å²) in [6, 6.07) is 12.2. The summed E-state index contributed by atoms with van der Waals surface area (Å²) in [7, 11) is 3.12. The van der Waals surface area contributed by atoms with E-state index in [1.165, 1.54) is 23.7 Å². The van der Waals surface area contributed by atoms with Gasteiger partial charge in [-0.05, 0) is 44.5 Å². The molecule has 3 heterocycles. The van der Waals surface area contributed by atoms with Crippen molar-refractivity contribution in [3.8, 4) is 22.8 Å². The largest absolute Gasteiger partial charge is 0.508 e. The zero-order valence-electron chi connectivity index (χ0n) is 19.8. The maximum absolute atomic E-state index is 13.6. The van der Waals surface area contributed by atoms with Gasteiger partial charge in [-0.2, -0.15) is 0 Å². The molecule has 0 spiro atoms. The second kappa shape index (κ2) is 7.36. The Morgan fingerprint density at radius 1 is 1.03 bits per heavy atom. The van der Waals surface area contributed by atoms with Gasteiger partial charge in [-0.15, -0.1) is 0 Å². The third-order valence-electron chi connectivity index (χ3n) is 6.65. The van der Waals surface area contributed by atoms with Crippen molar-refractivity contribution in [2.75, 3.05) is 6.61 Å². The Hall–Kier alpha value is -3.78. The van der Waals surface area contributed by atoms with Crippen LogP contribution in [0.25, 0.3) is 22.2 Å². The highest BCUT2D eigenvalue weighted by Crippen LogP contribution is 2.47. The molecule has 1 aliphatic heterocycles. The molecule has 2 aromatic heterocycles. The van der Waals surface area contributed by atoms with Crippen molar-refractivity contribution in [3.63, 3.8) is 0 Å². The van der Waals surface area contributed by atoms with Crippen molar-refractivity contribution >= 4 is 10.9 Å². The minimum atomic E-state index is -0.757. The fourth-order valence-corrected chi connectivity index (χ4v) is 5.05. The number of phenolic OH excluding ortho intramolecular Hbond substituents is 2. The van der Waals surface area contributed by atoms with Crippen molar-refractivity contribution < 1.29 is 14.9 Å². The normalized spacial score (nSPS) is 17.1. The molecular weight excluding hydrogens is 434 g/mol. The molecule has 0 saturated heterocycles. The van der Waals surface area contributed by atoms with Gasteiger partial charge in [-0.25, -0.2) is 4.79 Å². The number of fused-ring (bicyclic) bond motifs is 3. The van der Waals surface area contributed by atoms with Gasteiger partial charge in [0.2, 0.25) is 0 Å². The van der Waals surface area contributed by atoms with Gasteiger partial charge in [-0.1, -0.05) is 23.8 Å². The number of benzene rings is 2. The predicted molar refractivity (Wildman–Crippen MR) is 129 cm³/mol. The first-order valence-corrected chi connectivity index (χ1v) is 11.1. The van der Waals surface area contributed by atoms with Gasteiger partial charge in [0.05, 0.1) is 34.4 Å². The van der Waals surface area contributed by atoms with Crippen LogP contribution in [0.3, 0.4) is 0 Å². The second-order valence-corrected chi connectivity index (χ2v) is 9.61. The molecule has 0 unspecified atom stereocenters. The van der Waals surface area contributed by atoms with Crippen LogP contribution in [-0.2, 0) is 24.4 Å². The lowest BCUT2D eigenvalue weighted by molar-refractivity contribution is -0.00800. The van der Waals surface area contributed by atoms with Gasteiger partial charge in [0, 0.05) is 25.7 Å². The number of phenols is 2. The second-order valence-electron chi connectivity index (χ2n) is 9.61. The minimum Gasteiger partial charge on any atom is -0.508 e. The third kappa shape index (κ3) is 3.02. The molecule has 0 radical (unpaired) electrons. The van der Waals surface area contributed by atoms with Crippen LogP contribution in [0.4, 0.5) is 0 Å². The Morgan fingerprint density at radius 2 is 1.76 bits per heavy atom. The number of hydrogen-bond acceptors (Lipinski definition) is 5. The van der Waals surface area contributed by atoms with Crippen molar-refractivity contribution in [2.45, 2.75) is 32.4 Å². The van der Waals surface area contributed by atoms with E-state index in [9.17, 15) is 19.8 Å². The molecule has 1 aliphatic rings. The SMILES string of the molecule is Cc1cccc(-c2c3c(=O)n(C)c(=O)n(C)c3c3n2C(C)(C)CO[C@H]3c2ccc(O)cc2O)c1. The van der Waals surface area contributed by atoms with Crippen molar-refractivity contribution in [1.82, 2.24) is 13.7 Å². The molecule has 0 aliphatic carbocycles. The van der Waals surface area contributed by atoms with Crippen molar-refractivity contribution in [3.05, 3.63) is 80.1 Å². The van der Waals surface area contributed by atoms with Crippen LogP contribution in [0.15, 0.2) is 52.1 Å². The lowest BCUT2D eigenvalue weighted by Crippen LogP contribution is -2.40. The Balaban J connectivity index is 2.02. The number of rotatable bonds is 2. The molecule has 4 aromatic rings. The van der Waals surface area contributed by atoms with E-state index in [2.05, 4.69) is 4.57 Å². The summed E-state index contributed by atoms with van der Waals surface area (Å²) >= 11 is 0. The van der Waals surface area contributed by atoms with Crippen LogP contribution in [0, 0.1) is 6.92 Å². The molecule has 8 nitrogen and oxygen atoms in total. The van der Waals surface area contributed by atoms with Crippen molar-refractivity contribution in [1.29, 1.82) is 0 Å². The molecule has 0 saturated carbocycles. The van der Waals surface area contributed by atoms with Crippen molar-refractivity contribution in [2.24, 2.45) is 14.1 Å². The molecule has 8 heteroatoms. The molecule has 5 rings (SSSR count). The lowest BCUT2D eigenvalue weighted by Gasteiger charge is -2.39. The van der Waals surface area contributed by atoms with Crippen LogP contribution < -0.4 is 11.2 Å². The summed E-state index contributed by atoms with van der Waals surface area (Å²) in [6.45, 7) is 6.33. The van der Waals surface area contributed by atoms with E-state index in [0.717, 1.165) is 15.7 Å². The molecule has 2 N–H and O–H groups in total. The van der Waals surface area contributed by atoms with Gasteiger partial charge in [0.15, 0.2) is 0 Å². The smallest absolute Gasteiger partial charge is 0.331 e. The monoisotopic (exact) mass is 461 g/mol. The number of aromatic hydroxyl groups is 2. The summed E-state index contributed by atoms with van der Waals surface area (Å²) in [5.74, 6) is -0.198. The highest BCUT2D eigenvalue weighted by atomic mass is 16.5. The number of nitrogens with zero attached hydrogens (tertiary/aromatic N) is 3. The summed E-state index contributed by atoms with van der Waals surface area (Å²) < 4.78 is 11.0. The number of ether oxygens (including phenoxy) is 1. The van der Waals surface area contributed by atoms with E-state index in [4.69, 9.17) is 4.74 Å². The maximum atomic E-state index is 13.6. The highest BCUT2D eigenvalue weighted by molar-refractivity contribution is 5.97. The molecule has 176 valence electrons. The average molecular weight is 462 g/mol. The van der Waals surface area contributed by atoms with Gasteiger partial charge < -0.3 is 19.5 Å². The predicted octanol–water partition coefficient (Wildman–Crippen LogP) is 3.28. The summed E-state index contributed by atoms with van der Waals surface area (Å²) in [5, 5.41) is 20.9. The summed E-state index contributed by atoms with van der Waals surface area (Å²) in [5.41, 5.74) is 2.74. The molecule has 0 bridgehead atoms. The van der Waals surface area contributed by atoms with Gasteiger partial charge in [0.1, 0.15) is 17.6 Å². The van der Waals surface area contributed by atoms with E-state index in [1.54, 1.807) is 13.1 Å². The van der Waals surface area contributed by atoms with E-state index in [1.807, 2.05) is 45.0 Å². The van der Waals surface area contributed by atoms with E-state index in [0.29, 0.717) is 34.5 Å². The molecule has 2 aromatic carbocycles. The number of hydrogen-bond donors (Lipinski definition) is 2. The van der Waals surface area contributed by atoms with Gasteiger partial charge in [-0.3, -0.25) is 13.9 Å². The Kier molecular flexibility index (Phi) is 4.77. The van der Waals surface area contributed by atoms with E-state index in [-0.39, 0.29) is 17.1 Å².